The van der Waals surface area contributed by atoms with E-state index in [2.05, 4.69) is 0 Å². The highest BCUT2D eigenvalue weighted by atomic mass is 32.2. The predicted molar refractivity (Wildman–Crippen MR) is 54.8 cm³/mol. The zero-order chi connectivity index (χ0) is 10.3. The van der Waals surface area contributed by atoms with E-state index in [0.29, 0.717) is 4.90 Å². The van der Waals surface area contributed by atoms with Gasteiger partial charge in [0, 0.05) is 12.3 Å². The quantitative estimate of drug-likeness (QED) is 0.755. The first-order chi connectivity index (χ1) is 6.48. The van der Waals surface area contributed by atoms with Crippen LogP contribution in [-0.2, 0) is 16.3 Å². The Labute approximate surface area is 83.9 Å². The lowest BCUT2D eigenvalue weighted by molar-refractivity contribution is 0.601. The molecule has 0 heterocycles. The first-order valence-corrected chi connectivity index (χ1v) is 6.46. The molecule has 1 aromatic carbocycles. The molecule has 0 fully saturated rings. The first-order valence-electron chi connectivity index (χ1n) is 4.57. The van der Waals surface area contributed by atoms with Crippen molar-refractivity contribution in [1.29, 1.82) is 0 Å². The molecular formula is C10H13NO2S. The second kappa shape index (κ2) is 3.07. The molecule has 1 aliphatic carbocycles. The van der Waals surface area contributed by atoms with Crippen molar-refractivity contribution in [3.8, 4) is 0 Å². The van der Waals surface area contributed by atoms with Crippen LogP contribution in [0.5, 0.6) is 0 Å². The average molecular weight is 211 g/mol. The van der Waals surface area contributed by atoms with Gasteiger partial charge < -0.3 is 5.73 Å². The Hall–Kier alpha value is -0.870. The second-order valence-corrected chi connectivity index (χ2v) is 5.79. The van der Waals surface area contributed by atoms with E-state index in [1.54, 1.807) is 12.1 Å². The van der Waals surface area contributed by atoms with Crippen LogP contribution in [-0.4, -0.2) is 14.7 Å². The minimum absolute atomic E-state index is 0.00620. The normalized spacial score (nSPS) is 20.9. The molecule has 4 heteroatoms. The molecular weight excluding hydrogens is 198 g/mol. The molecule has 0 saturated carbocycles. The van der Waals surface area contributed by atoms with Gasteiger partial charge in [0.1, 0.15) is 0 Å². The van der Waals surface area contributed by atoms with E-state index < -0.39 is 9.84 Å². The lowest BCUT2D eigenvalue weighted by Gasteiger charge is -2.06. The Morgan fingerprint density at radius 2 is 2.14 bits per heavy atom. The second-order valence-electron chi connectivity index (χ2n) is 3.78. The fourth-order valence-corrected chi connectivity index (χ4v) is 2.50. The highest BCUT2D eigenvalue weighted by molar-refractivity contribution is 7.90. The lowest BCUT2D eigenvalue weighted by atomic mass is 10.1. The van der Waals surface area contributed by atoms with Crippen molar-refractivity contribution in [2.45, 2.75) is 23.8 Å². The molecule has 1 unspecified atom stereocenters. The van der Waals surface area contributed by atoms with Gasteiger partial charge in [0.05, 0.1) is 4.90 Å². The summed E-state index contributed by atoms with van der Waals surface area (Å²) in [7, 11) is -3.10. The zero-order valence-electron chi connectivity index (χ0n) is 8.03. The lowest BCUT2D eigenvalue weighted by Crippen LogP contribution is -2.06. The molecule has 0 amide bonds. The summed E-state index contributed by atoms with van der Waals surface area (Å²) >= 11 is 0. The summed E-state index contributed by atoms with van der Waals surface area (Å²) in [6, 6.07) is 5.25. The van der Waals surface area contributed by atoms with Crippen molar-refractivity contribution in [2.24, 2.45) is 5.73 Å². The van der Waals surface area contributed by atoms with Crippen LogP contribution >= 0.6 is 0 Å². The maximum Gasteiger partial charge on any atom is 0.175 e. The predicted octanol–water partition coefficient (Wildman–Crippen LogP) is 1.04. The minimum Gasteiger partial charge on any atom is -0.324 e. The Morgan fingerprint density at radius 3 is 2.79 bits per heavy atom. The molecule has 0 bridgehead atoms. The maximum absolute atomic E-state index is 11.3. The fourth-order valence-electron chi connectivity index (χ4n) is 1.84. The van der Waals surface area contributed by atoms with Crippen LogP contribution < -0.4 is 5.73 Å². The highest BCUT2D eigenvalue weighted by Crippen LogP contribution is 2.30. The standard InChI is InChI=1S/C10H13NO2S/c1-14(12,13)8-4-2-7-3-5-10(11)9(7)6-8/h2,4,6,10H,3,5,11H2,1H3. The van der Waals surface area contributed by atoms with Gasteiger partial charge in [-0.3, -0.25) is 0 Å². The van der Waals surface area contributed by atoms with Crippen LogP contribution in [0.15, 0.2) is 23.1 Å². The summed E-state index contributed by atoms with van der Waals surface area (Å²) in [5.41, 5.74) is 8.04. The van der Waals surface area contributed by atoms with Gasteiger partial charge >= 0.3 is 0 Å². The average Bonchev–Trinajstić information content (AvgIpc) is 2.46. The van der Waals surface area contributed by atoms with Gasteiger partial charge in [0.25, 0.3) is 0 Å². The molecule has 1 atom stereocenters. The third kappa shape index (κ3) is 1.55. The van der Waals surface area contributed by atoms with Crippen molar-refractivity contribution in [3.05, 3.63) is 29.3 Å². The molecule has 0 aromatic heterocycles. The number of aryl methyl sites for hydroxylation is 1. The summed E-state index contributed by atoms with van der Waals surface area (Å²) in [4.78, 5) is 0.369. The van der Waals surface area contributed by atoms with Gasteiger partial charge in [0.2, 0.25) is 0 Å². The zero-order valence-corrected chi connectivity index (χ0v) is 8.84. The molecule has 2 N–H and O–H groups in total. The number of nitrogens with two attached hydrogens (primary N) is 1. The van der Waals surface area contributed by atoms with Crippen LogP contribution in [0.1, 0.15) is 23.6 Å². The number of fused-ring (bicyclic) bond motifs is 1. The number of benzene rings is 1. The van der Waals surface area contributed by atoms with Crippen LogP contribution in [0.3, 0.4) is 0 Å². The number of rotatable bonds is 1. The van der Waals surface area contributed by atoms with Gasteiger partial charge in [-0.2, -0.15) is 0 Å². The van der Waals surface area contributed by atoms with E-state index in [4.69, 9.17) is 5.73 Å². The van der Waals surface area contributed by atoms with E-state index in [1.165, 1.54) is 11.8 Å². The molecule has 3 nitrogen and oxygen atoms in total. The Morgan fingerprint density at radius 1 is 1.43 bits per heavy atom. The van der Waals surface area contributed by atoms with Crippen molar-refractivity contribution >= 4 is 9.84 Å². The SMILES string of the molecule is CS(=O)(=O)c1ccc2c(c1)C(N)CC2. The molecule has 0 aliphatic heterocycles. The third-order valence-electron chi connectivity index (χ3n) is 2.67. The molecule has 0 spiro atoms. The molecule has 76 valence electrons. The summed E-state index contributed by atoms with van der Waals surface area (Å²) < 4.78 is 22.6. The van der Waals surface area contributed by atoms with Gasteiger partial charge in [-0.05, 0) is 36.1 Å². The molecule has 0 radical (unpaired) electrons. The Bertz CT molecular complexity index is 465. The summed E-state index contributed by atoms with van der Waals surface area (Å²) in [6.07, 6.45) is 3.10. The van der Waals surface area contributed by atoms with Crippen LogP contribution in [0, 0.1) is 0 Å². The van der Waals surface area contributed by atoms with Crippen LogP contribution in [0.4, 0.5) is 0 Å². The molecule has 2 rings (SSSR count). The number of sulfone groups is 1. The van der Waals surface area contributed by atoms with E-state index in [0.717, 1.165) is 18.4 Å². The molecule has 14 heavy (non-hydrogen) atoms. The number of hydrogen-bond donors (Lipinski definition) is 1. The third-order valence-corrected chi connectivity index (χ3v) is 3.78. The Balaban J connectivity index is 2.56. The summed E-state index contributed by atoms with van der Waals surface area (Å²) in [6.45, 7) is 0. The fraction of sp³-hybridized carbons (Fsp3) is 0.400. The monoisotopic (exact) mass is 211 g/mol. The molecule has 1 aliphatic rings. The van der Waals surface area contributed by atoms with Crippen LogP contribution in [0.2, 0.25) is 0 Å². The highest BCUT2D eigenvalue weighted by Gasteiger charge is 2.20. The van der Waals surface area contributed by atoms with Gasteiger partial charge in [-0.1, -0.05) is 6.07 Å². The smallest absolute Gasteiger partial charge is 0.175 e. The largest absolute Gasteiger partial charge is 0.324 e. The number of hydrogen-bond acceptors (Lipinski definition) is 3. The van der Waals surface area contributed by atoms with Crippen molar-refractivity contribution < 1.29 is 8.42 Å². The molecule has 1 aromatic rings. The van der Waals surface area contributed by atoms with Gasteiger partial charge in [-0.15, -0.1) is 0 Å². The van der Waals surface area contributed by atoms with E-state index in [1.807, 2.05) is 6.07 Å². The van der Waals surface area contributed by atoms with E-state index in [9.17, 15) is 8.42 Å². The van der Waals surface area contributed by atoms with Gasteiger partial charge in [0.15, 0.2) is 9.84 Å². The Kier molecular flexibility index (Phi) is 2.12. The van der Waals surface area contributed by atoms with E-state index >= 15 is 0 Å². The van der Waals surface area contributed by atoms with Crippen molar-refractivity contribution in [1.82, 2.24) is 0 Å². The summed E-state index contributed by atoms with van der Waals surface area (Å²) in [5, 5.41) is 0. The first kappa shape index (κ1) is 9.68. The van der Waals surface area contributed by atoms with E-state index in [-0.39, 0.29) is 6.04 Å². The van der Waals surface area contributed by atoms with Crippen LogP contribution in [0.25, 0.3) is 0 Å². The topological polar surface area (TPSA) is 60.2 Å². The van der Waals surface area contributed by atoms with Crippen molar-refractivity contribution in [2.75, 3.05) is 6.26 Å². The van der Waals surface area contributed by atoms with Crippen molar-refractivity contribution in [3.63, 3.8) is 0 Å². The minimum atomic E-state index is -3.10. The van der Waals surface area contributed by atoms with Gasteiger partial charge in [-0.25, -0.2) is 8.42 Å². The maximum atomic E-state index is 11.3. The summed E-state index contributed by atoms with van der Waals surface area (Å²) in [5.74, 6) is 0. The molecule has 0 saturated heterocycles.